The number of rotatable bonds is 1. The molecule has 3 aliphatic carbocycles. The van der Waals surface area contributed by atoms with Crippen LogP contribution in [0.15, 0.2) is 71.4 Å². The minimum atomic E-state index is 0.558. The van der Waals surface area contributed by atoms with E-state index in [-0.39, 0.29) is 0 Å². The van der Waals surface area contributed by atoms with E-state index in [0.717, 1.165) is 0 Å². The lowest BCUT2D eigenvalue weighted by atomic mass is 9.75. The molecule has 2 unspecified atom stereocenters. The number of hydrogen-bond donors (Lipinski definition) is 0. The van der Waals surface area contributed by atoms with Gasteiger partial charge < -0.3 is 0 Å². The highest BCUT2D eigenvalue weighted by atomic mass is 14.3. The second-order valence-electron chi connectivity index (χ2n) is 5.08. The van der Waals surface area contributed by atoms with Gasteiger partial charge in [0.1, 0.15) is 0 Å². The fraction of sp³-hybridized carbons (Fsp3) is 0.294. The lowest BCUT2D eigenvalue weighted by molar-refractivity contribution is 0.622. The Morgan fingerprint density at radius 1 is 0.882 bits per heavy atom. The van der Waals surface area contributed by atoms with Gasteiger partial charge >= 0.3 is 0 Å². The Labute approximate surface area is 103 Å². The van der Waals surface area contributed by atoms with Gasteiger partial charge in [-0.2, -0.15) is 0 Å². The van der Waals surface area contributed by atoms with E-state index >= 15 is 0 Å². The molecule has 2 atom stereocenters. The minimum absolute atomic E-state index is 0.558. The molecule has 86 valence electrons. The summed E-state index contributed by atoms with van der Waals surface area (Å²) in [7, 11) is 0. The van der Waals surface area contributed by atoms with Crippen LogP contribution in [0.1, 0.15) is 19.8 Å². The molecular weight excluding hydrogens is 204 g/mol. The summed E-state index contributed by atoms with van der Waals surface area (Å²) in [4.78, 5) is 0. The molecule has 3 aliphatic rings. The van der Waals surface area contributed by atoms with Crippen LogP contribution in [-0.2, 0) is 0 Å². The van der Waals surface area contributed by atoms with Gasteiger partial charge in [0, 0.05) is 11.8 Å². The molecule has 0 aromatic heterocycles. The molecule has 0 radical (unpaired) electrons. The van der Waals surface area contributed by atoms with E-state index in [0.29, 0.717) is 11.8 Å². The van der Waals surface area contributed by atoms with E-state index in [1.807, 2.05) is 0 Å². The van der Waals surface area contributed by atoms with Gasteiger partial charge in [-0.15, -0.1) is 0 Å². The van der Waals surface area contributed by atoms with Gasteiger partial charge in [-0.3, -0.25) is 0 Å². The highest BCUT2D eigenvalue weighted by molar-refractivity contribution is 5.47. The van der Waals surface area contributed by atoms with E-state index in [4.69, 9.17) is 0 Å². The smallest absolute Gasteiger partial charge is 0.0122 e. The number of fused-ring (bicyclic) bond motifs is 1. The third kappa shape index (κ3) is 2.00. The topological polar surface area (TPSA) is 0 Å². The molecule has 0 heteroatoms. The first-order valence-electron chi connectivity index (χ1n) is 6.45. The summed E-state index contributed by atoms with van der Waals surface area (Å²) >= 11 is 0. The molecule has 0 aliphatic heterocycles. The minimum Gasteiger partial charge on any atom is -0.0767 e. The van der Waals surface area contributed by atoms with E-state index in [1.54, 1.807) is 0 Å². The van der Waals surface area contributed by atoms with Crippen LogP contribution in [0, 0.1) is 11.8 Å². The maximum atomic E-state index is 2.34. The van der Waals surface area contributed by atoms with Gasteiger partial charge in [0.25, 0.3) is 0 Å². The van der Waals surface area contributed by atoms with Gasteiger partial charge in [0.2, 0.25) is 0 Å². The summed E-state index contributed by atoms with van der Waals surface area (Å²) in [6.07, 6.45) is 22.8. The van der Waals surface area contributed by atoms with Crippen LogP contribution < -0.4 is 0 Å². The molecule has 0 aromatic carbocycles. The fourth-order valence-corrected chi connectivity index (χ4v) is 2.82. The van der Waals surface area contributed by atoms with Crippen LogP contribution >= 0.6 is 0 Å². The van der Waals surface area contributed by atoms with Gasteiger partial charge in [0.05, 0.1) is 0 Å². The van der Waals surface area contributed by atoms with Crippen LogP contribution in [0.25, 0.3) is 0 Å². The summed E-state index contributed by atoms with van der Waals surface area (Å²) in [5.41, 5.74) is 4.54. The Balaban J connectivity index is 1.93. The summed E-state index contributed by atoms with van der Waals surface area (Å²) in [5.74, 6) is 1.12. The standard InChI is InChI=1S/C17H18/c1-13-9-11-15(12-10-13)17-8-4-6-14-5-2-3-7-16(14)17/h2-9,11,14,16H,10,12H2,1H3. The van der Waals surface area contributed by atoms with Crippen molar-refractivity contribution >= 4 is 0 Å². The van der Waals surface area contributed by atoms with E-state index < -0.39 is 0 Å². The first-order chi connectivity index (χ1) is 8.34. The quantitative estimate of drug-likeness (QED) is 0.612. The highest BCUT2D eigenvalue weighted by Crippen LogP contribution is 2.37. The Kier molecular flexibility index (Phi) is 2.72. The molecular formula is C17H18. The van der Waals surface area contributed by atoms with Crippen molar-refractivity contribution in [2.24, 2.45) is 11.8 Å². The van der Waals surface area contributed by atoms with Crippen molar-refractivity contribution in [2.75, 3.05) is 0 Å². The zero-order chi connectivity index (χ0) is 11.7. The summed E-state index contributed by atoms with van der Waals surface area (Å²) in [5, 5.41) is 0. The van der Waals surface area contributed by atoms with Crippen LogP contribution in [0.2, 0.25) is 0 Å². The largest absolute Gasteiger partial charge is 0.0767 e. The van der Waals surface area contributed by atoms with Crippen molar-refractivity contribution in [3.63, 3.8) is 0 Å². The molecule has 0 aromatic rings. The SMILES string of the molecule is CC1=CC=C(C2=CC=CC3C=CC=CC23)CC1. The lowest BCUT2D eigenvalue weighted by Crippen LogP contribution is -2.17. The number of hydrogen-bond acceptors (Lipinski definition) is 0. The molecule has 0 spiro atoms. The molecule has 0 saturated heterocycles. The average Bonchev–Trinajstić information content (AvgIpc) is 2.39. The monoisotopic (exact) mass is 222 g/mol. The van der Waals surface area contributed by atoms with Crippen molar-refractivity contribution in [1.29, 1.82) is 0 Å². The number of allylic oxidation sites excluding steroid dienone is 12. The van der Waals surface area contributed by atoms with Crippen LogP contribution in [0.5, 0.6) is 0 Å². The Morgan fingerprint density at radius 3 is 2.53 bits per heavy atom. The van der Waals surface area contributed by atoms with Crippen LogP contribution in [-0.4, -0.2) is 0 Å². The first kappa shape index (κ1) is 10.6. The third-order valence-corrected chi connectivity index (χ3v) is 3.87. The molecule has 3 rings (SSSR count). The van der Waals surface area contributed by atoms with Gasteiger partial charge in [-0.05, 0) is 30.9 Å². The molecule has 0 N–H and O–H groups in total. The van der Waals surface area contributed by atoms with Crippen molar-refractivity contribution < 1.29 is 0 Å². The molecule has 0 bridgehead atoms. The average molecular weight is 222 g/mol. The lowest BCUT2D eigenvalue weighted by Gasteiger charge is -2.29. The van der Waals surface area contributed by atoms with Gasteiger partial charge in [-0.1, -0.05) is 60.3 Å². The van der Waals surface area contributed by atoms with E-state index in [1.165, 1.54) is 29.6 Å². The van der Waals surface area contributed by atoms with Gasteiger partial charge in [-0.25, -0.2) is 0 Å². The van der Waals surface area contributed by atoms with Crippen molar-refractivity contribution in [1.82, 2.24) is 0 Å². The Hall–Kier alpha value is -1.56. The summed E-state index contributed by atoms with van der Waals surface area (Å²) < 4.78 is 0. The maximum absolute atomic E-state index is 2.34. The van der Waals surface area contributed by atoms with Crippen molar-refractivity contribution in [3.05, 3.63) is 71.4 Å². The van der Waals surface area contributed by atoms with E-state index in [2.05, 4.69) is 61.6 Å². The van der Waals surface area contributed by atoms with Crippen LogP contribution in [0.3, 0.4) is 0 Å². The molecule has 0 nitrogen and oxygen atoms in total. The van der Waals surface area contributed by atoms with Crippen LogP contribution in [0.4, 0.5) is 0 Å². The Bertz CT molecular complexity index is 492. The molecule has 0 saturated carbocycles. The molecule has 0 fully saturated rings. The second kappa shape index (κ2) is 4.37. The summed E-state index contributed by atoms with van der Waals surface area (Å²) in [6, 6.07) is 0. The molecule has 17 heavy (non-hydrogen) atoms. The fourth-order valence-electron chi connectivity index (χ4n) is 2.82. The normalized spacial score (nSPS) is 30.5. The van der Waals surface area contributed by atoms with Crippen molar-refractivity contribution in [3.8, 4) is 0 Å². The summed E-state index contributed by atoms with van der Waals surface area (Å²) in [6.45, 7) is 2.22. The third-order valence-electron chi connectivity index (χ3n) is 3.87. The zero-order valence-corrected chi connectivity index (χ0v) is 10.3. The molecule has 0 heterocycles. The first-order valence-corrected chi connectivity index (χ1v) is 6.45. The highest BCUT2D eigenvalue weighted by Gasteiger charge is 2.24. The van der Waals surface area contributed by atoms with Crippen molar-refractivity contribution in [2.45, 2.75) is 19.8 Å². The predicted molar refractivity (Wildman–Crippen MR) is 73.6 cm³/mol. The van der Waals surface area contributed by atoms with Gasteiger partial charge in [0.15, 0.2) is 0 Å². The Morgan fingerprint density at radius 2 is 1.71 bits per heavy atom. The van der Waals surface area contributed by atoms with E-state index in [9.17, 15) is 0 Å². The maximum Gasteiger partial charge on any atom is 0.0122 e. The molecule has 0 amide bonds. The zero-order valence-electron chi connectivity index (χ0n) is 10.3. The second-order valence-corrected chi connectivity index (χ2v) is 5.08. The predicted octanol–water partition coefficient (Wildman–Crippen LogP) is 4.51.